The Bertz CT molecular complexity index is 948. The molecule has 0 unspecified atom stereocenters. The van der Waals surface area contributed by atoms with Gasteiger partial charge in [-0.25, -0.2) is 8.42 Å². The van der Waals surface area contributed by atoms with Crippen molar-refractivity contribution in [3.63, 3.8) is 0 Å². The summed E-state index contributed by atoms with van der Waals surface area (Å²) >= 11 is 0. The Morgan fingerprint density at radius 2 is 1.68 bits per heavy atom. The van der Waals surface area contributed by atoms with Crippen LogP contribution in [-0.2, 0) is 31.0 Å². The molecule has 1 heterocycles. The van der Waals surface area contributed by atoms with Gasteiger partial charge in [0.05, 0.1) is 10.6 Å². The largest absolute Gasteiger partial charge is 0.460 e. The Balaban J connectivity index is 1.65. The van der Waals surface area contributed by atoms with Gasteiger partial charge in [0.25, 0.3) is 10.0 Å². The Labute approximate surface area is 145 Å². The van der Waals surface area contributed by atoms with Gasteiger partial charge in [0, 0.05) is 11.6 Å². The molecule has 0 spiro atoms. The number of carbonyl (C=O) groups excluding carboxylic acids is 2. The highest BCUT2D eigenvalue weighted by Crippen LogP contribution is 2.29. The zero-order valence-corrected chi connectivity index (χ0v) is 14.0. The van der Waals surface area contributed by atoms with Gasteiger partial charge in [-0.05, 0) is 11.6 Å². The molecule has 1 aliphatic rings. The van der Waals surface area contributed by atoms with Gasteiger partial charge < -0.3 is 4.74 Å². The molecule has 0 saturated heterocycles. The SMILES string of the molecule is O=C(/C=C1\NS(=O)(=O)c2ccccc21)CC(=O)OCc1ccccc1. The van der Waals surface area contributed by atoms with Gasteiger partial charge in [0.15, 0.2) is 5.78 Å². The minimum Gasteiger partial charge on any atom is -0.460 e. The molecule has 2 aromatic carbocycles. The van der Waals surface area contributed by atoms with Crippen LogP contribution in [-0.4, -0.2) is 20.2 Å². The van der Waals surface area contributed by atoms with Gasteiger partial charge >= 0.3 is 5.97 Å². The Morgan fingerprint density at radius 1 is 1.00 bits per heavy atom. The van der Waals surface area contributed by atoms with Crippen molar-refractivity contribution in [2.75, 3.05) is 0 Å². The number of hydrogen-bond acceptors (Lipinski definition) is 5. The summed E-state index contributed by atoms with van der Waals surface area (Å²) in [7, 11) is -3.66. The number of ether oxygens (including phenoxy) is 1. The van der Waals surface area contributed by atoms with Crippen molar-refractivity contribution in [1.82, 2.24) is 4.72 Å². The van der Waals surface area contributed by atoms with E-state index in [1.165, 1.54) is 6.07 Å². The van der Waals surface area contributed by atoms with Gasteiger partial charge in [-0.15, -0.1) is 0 Å². The lowest BCUT2D eigenvalue weighted by Gasteiger charge is -2.04. The van der Waals surface area contributed by atoms with Crippen LogP contribution in [0.5, 0.6) is 0 Å². The zero-order valence-electron chi connectivity index (χ0n) is 13.1. The molecular weight excluding hydrogens is 342 g/mol. The third-order valence-electron chi connectivity index (χ3n) is 3.58. The Hall–Kier alpha value is -2.93. The minimum absolute atomic E-state index is 0.0823. The van der Waals surface area contributed by atoms with Crippen molar-refractivity contribution in [3.8, 4) is 0 Å². The summed E-state index contributed by atoms with van der Waals surface area (Å²) in [5.74, 6) is -1.20. The third-order valence-corrected chi connectivity index (χ3v) is 5.00. The molecule has 0 fully saturated rings. The van der Waals surface area contributed by atoms with Gasteiger partial charge in [0.2, 0.25) is 0 Å². The molecule has 0 aliphatic carbocycles. The van der Waals surface area contributed by atoms with Crippen molar-refractivity contribution >= 4 is 27.5 Å². The predicted molar refractivity (Wildman–Crippen MR) is 90.6 cm³/mol. The van der Waals surface area contributed by atoms with Crippen LogP contribution in [0.4, 0.5) is 0 Å². The highest BCUT2D eigenvalue weighted by Gasteiger charge is 2.29. The number of rotatable bonds is 5. The van der Waals surface area contributed by atoms with E-state index in [1.807, 2.05) is 18.2 Å². The number of allylic oxidation sites excluding steroid dienone is 1. The van der Waals surface area contributed by atoms with Crippen molar-refractivity contribution in [1.29, 1.82) is 0 Å². The van der Waals surface area contributed by atoms with Gasteiger partial charge in [-0.3, -0.25) is 14.3 Å². The fraction of sp³-hybridized carbons (Fsp3) is 0.111. The lowest BCUT2D eigenvalue weighted by atomic mass is 10.1. The maximum atomic E-state index is 12.0. The van der Waals surface area contributed by atoms with Crippen molar-refractivity contribution < 1.29 is 22.7 Å². The van der Waals surface area contributed by atoms with Crippen LogP contribution in [0.1, 0.15) is 17.5 Å². The smallest absolute Gasteiger partial charge is 0.314 e. The third kappa shape index (κ3) is 3.95. The van der Waals surface area contributed by atoms with Crippen LogP contribution in [0, 0.1) is 0 Å². The van der Waals surface area contributed by atoms with E-state index in [1.54, 1.807) is 30.3 Å². The quantitative estimate of drug-likeness (QED) is 0.502. The molecule has 7 heteroatoms. The van der Waals surface area contributed by atoms with Crippen LogP contribution in [0.15, 0.2) is 65.6 Å². The molecule has 0 bridgehead atoms. The average Bonchev–Trinajstić information content (AvgIpc) is 2.85. The normalized spacial score (nSPS) is 16.1. The number of ketones is 1. The second kappa shape index (κ2) is 6.90. The summed E-state index contributed by atoms with van der Waals surface area (Å²) in [6, 6.07) is 15.4. The average molecular weight is 357 g/mol. The summed E-state index contributed by atoms with van der Waals surface area (Å²) in [6.45, 7) is 0.0823. The van der Waals surface area contributed by atoms with E-state index in [0.717, 1.165) is 11.6 Å². The molecule has 25 heavy (non-hydrogen) atoms. The number of nitrogens with one attached hydrogen (secondary N) is 1. The highest BCUT2D eigenvalue weighted by atomic mass is 32.2. The molecule has 6 nitrogen and oxygen atoms in total. The molecule has 128 valence electrons. The van der Waals surface area contributed by atoms with E-state index < -0.39 is 28.2 Å². The highest BCUT2D eigenvalue weighted by molar-refractivity contribution is 7.90. The van der Waals surface area contributed by atoms with Crippen LogP contribution in [0.3, 0.4) is 0 Å². The van der Waals surface area contributed by atoms with Gasteiger partial charge in [-0.1, -0.05) is 48.5 Å². The summed E-state index contributed by atoms with van der Waals surface area (Å²) in [6.07, 6.45) is 0.660. The topological polar surface area (TPSA) is 89.5 Å². The van der Waals surface area contributed by atoms with Crippen LogP contribution in [0.2, 0.25) is 0 Å². The monoisotopic (exact) mass is 357 g/mol. The van der Waals surface area contributed by atoms with E-state index in [9.17, 15) is 18.0 Å². The van der Waals surface area contributed by atoms with Crippen molar-refractivity contribution in [2.45, 2.75) is 17.9 Å². The second-order valence-electron chi connectivity index (χ2n) is 5.45. The zero-order chi connectivity index (χ0) is 17.9. The van der Waals surface area contributed by atoms with E-state index in [2.05, 4.69) is 4.72 Å². The van der Waals surface area contributed by atoms with E-state index in [4.69, 9.17) is 4.74 Å². The first-order chi connectivity index (χ1) is 12.0. The van der Waals surface area contributed by atoms with Crippen LogP contribution in [0.25, 0.3) is 5.70 Å². The van der Waals surface area contributed by atoms with Crippen LogP contribution >= 0.6 is 0 Å². The van der Waals surface area contributed by atoms with Crippen molar-refractivity contribution in [3.05, 3.63) is 71.8 Å². The summed E-state index contributed by atoms with van der Waals surface area (Å²) in [4.78, 5) is 23.9. The maximum Gasteiger partial charge on any atom is 0.314 e. The van der Waals surface area contributed by atoms with E-state index >= 15 is 0 Å². The molecule has 0 amide bonds. The molecule has 1 aliphatic heterocycles. The number of carbonyl (C=O) groups is 2. The summed E-state index contributed by atoms with van der Waals surface area (Å²) in [5, 5.41) is 0. The molecular formula is C18H15NO5S. The first-order valence-electron chi connectivity index (χ1n) is 7.52. The first kappa shape index (κ1) is 16.9. The Kier molecular flexibility index (Phi) is 4.67. The van der Waals surface area contributed by atoms with Crippen LogP contribution < -0.4 is 4.72 Å². The van der Waals surface area contributed by atoms with Gasteiger partial charge in [0.1, 0.15) is 13.0 Å². The number of sulfonamides is 1. The van der Waals surface area contributed by atoms with Crippen molar-refractivity contribution in [2.24, 2.45) is 0 Å². The molecule has 0 saturated carbocycles. The lowest BCUT2D eigenvalue weighted by molar-refractivity contribution is -0.146. The lowest BCUT2D eigenvalue weighted by Crippen LogP contribution is -2.15. The summed E-state index contributed by atoms with van der Waals surface area (Å²) in [5.41, 5.74) is 1.39. The number of benzene rings is 2. The molecule has 1 N–H and O–H groups in total. The van der Waals surface area contributed by atoms with E-state index in [0.29, 0.717) is 5.56 Å². The molecule has 0 aromatic heterocycles. The fourth-order valence-electron chi connectivity index (χ4n) is 2.43. The number of hydrogen-bond donors (Lipinski definition) is 1. The molecule has 0 atom stereocenters. The Morgan fingerprint density at radius 3 is 2.44 bits per heavy atom. The molecule has 2 aromatic rings. The minimum atomic E-state index is -3.66. The fourth-order valence-corrected chi connectivity index (χ4v) is 3.72. The summed E-state index contributed by atoms with van der Waals surface area (Å²) < 4.78 is 31.3. The second-order valence-corrected chi connectivity index (χ2v) is 7.10. The van der Waals surface area contributed by atoms with Gasteiger partial charge in [-0.2, -0.15) is 0 Å². The number of esters is 1. The standard InChI is InChI=1S/C18H15NO5S/c20-14(11-18(21)24-12-13-6-2-1-3-7-13)10-16-15-8-4-5-9-17(15)25(22,23)19-16/h1-10,19H,11-12H2/b16-10-. The number of fused-ring (bicyclic) bond motifs is 1. The molecule has 3 rings (SSSR count). The predicted octanol–water partition coefficient (Wildman–Crippen LogP) is 2.02. The van der Waals surface area contributed by atoms with E-state index in [-0.39, 0.29) is 17.2 Å². The molecule has 0 radical (unpaired) electrons. The maximum absolute atomic E-state index is 12.0. The first-order valence-corrected chi connectivity index (χ1v) is 9.00.